The molecule has 1 atom stereocenters. The number of carbonyl (C=O) groups excluding carboxylic acids is 2. The molecule has 1 heterocycles. The second-order valence-electron chi connectivity index (χ2n) is 6.89. The molecule has 1 unspecified atom stereocenters. The number of halogens is 1. The predicted octanol–water partition coefficient (Wildman–Crippen LogP) is 1.27. The van der Waals surface area contributed by atoms with Crippen molar-refractivity contribution in [3.05, 3.63) is 59.9 Å². The smallest absolute Gasteiger partial charge is 0.426 e. The van der Waals surface area contributed by atoms with Gasteiger partial charge in [0.1, 0.15) is 11.5 Å². The minimum Gasteiger partial charge on any atom is -0.426 e. The Bertz CT molecular complexity index is 775. The van der Waals surface area contributed by atoms with E-state index in [-0.39, 0.29) is 18.6 Å². The molecule has 29 heavy (non-hydrogen) atoms. The van der Waals surface area contributed by atoms with Gasteiger partial charge < -0.3 is 20.7 Å². The number of nitrogens with zero attached hydrogens (tertiary/aromatic N) is 2. The van der Waals surface area contributed by atoms with Crippen molar-refractivity contribution in [3.8, 4) is 0 Å². The third kappa shape index (κ3) is 10.3. The summed E-state index contributed by atoms with van der Waals surface area (Å²) in [7, 11) is -1.69. The Morgan fingerprint density at radius 1 is 1.21 bits per heavy atom. The van der Waals surface area contributed by atoms with Crippen LogP contribution in [0.4, 0.5) is 4.39 Å². The van der Waals surface area contributed by atoms with Crippen LogP contribution < -0.4 is 10.6 Å². The van der Waals surface area contributed by atoms with Crippen LogP contribution in [0.5, 0.6) is 0 Å². The summed E-state index contributed by atoms with van der Waals surface area (Å²) < 4.78 is 13.5. The fraction of sp³-hybridized carbons (Fsp3) is 0.368. The molecule has 8 nitrogen and oxygen atoms in total. The minimum absolute atomic E-state index is 0.0510. The number of nitrogens with one attached hydrogen (secondary N) is 2. The molecule has 4 N–H and O–H groups in total. The van der Waals surface area contributed by atoms with Crippen molar-refractivity contribution in [2.45, 2.75) is 33.2 Å². The minimum atomic E-state index is -1.69. The van der Waals surface area contributed by atoms with Crippen LogP contribution >= 0.6 is 0 Å². The van der Waals surface area contributed by atoms with Crippen LogP contribution in [0.25, 0.3) is 0 Å². The lowest BCUT2D eigenvalue weighted by Gasteiger charge is -2.19. The van der Waals surface area contributed by atoms with Gasteiger partial charge in [-0.3, -0.25) is 14.6 Å². The van der Waals surface area contributed by atoms with Crippen LogP contribution in [0.3, 0.4) is 0 Å². The zero-order valence-corrected chi connectivity index (χ0v) is 16.7. The van der Waals surface area contributed by atoms with Gasteiger partial charge in [-0.1, -0.05) is 32.9 Å². The standard InChI is InChI=1S/C15H16BFN4O4.C4H10/c17-11-3-1-2-10(6-11)12(7-14(22)20-9-16(24)25)21-15(23)13-8-18-4-5-19-13;1-4(2)3/h1-6,8,12,24-25H,7,9H2,(H,20,22)(H,21,23);4H,1-3H3. The second kappa shape index (κ2) is 12.6. The Morgan fingerprint density at radius 2 is 1.90 bits per heavy atom. The molecule has 0 saturated carbocycles. The van der Waals surface area contributed by atoms with Gasteiger partial charge >= 0.3 is 7.12 Å². The molecular weight excluding hydrogens is 378 g/mol. The van der Waals surface area contributed by atoms with Gasteiger partial charge in [0.2, 0.25) is 5.91 Å². The number of benzene rings is 1. The number of carbonyl (C=O) groups is 2. The summed E-state index contributed by atoms with van der Waals surface area (Å²) in [5, 5.41) is 22.5. The number of hydrogen-bond donors (Lipinski definition) is 4. The highest BCUT2D eigenvalue weighted by atomic mass is 19.1. The van der Waals surface area contributed by atoms with Gasteiger partial charge in [0.25, 0.3) is 5.91 Å². The van der Waals surface area contributed by atoms with Gasteiger partial charge in [0.15, 0.2) is 0 Å². The maximum Gasteiger partial charge on any atom is 0.472 e. The molecule has 0 radical (unpaired) electrons. The van der Waals surface area contributed by atoms with Crippen molar-refractivity contribution in [2.24, 2.45) is 5.92 Å². The zero-order chi connectivity index (χ0) is 21.8. The van der Waals surface area contributed by atoms with Crippen molar-refractivity contribution < 1.29 is 24.0 Å². The van der Waals surface area contributed by atoms with E-state index in [4.69, 9.17) is 10.0 Å². The van der Waals surface area contributed by atoms with Gasteiger partial charge in [0.05, 0.1) is 25.1 Å². The first-order valence-electron chi connectivity index (χ1n) is 9.14. The Labute approximate surface area is 169 Å². The van der Waals surface area contributed by atoms with Gasteiger partial charge in [-0.25, -0.2) is 9.37 Å². The average molecular weight is 404 g/mol. The molecule has 0 saturated heterocycles. The molecule has 0 aliphatic rings. The molecule has 0 spiro atoms. The fourth-order valence-corrected chi connectivity index (χ4v) is 2.09. The summed E-state index contributed by atoms with van der Waals surface area (Å²) in [6.45, 7) is 6.50. The van der Waals surface area contributed by atoms with Crippen molar-refractivity contribution in [2.75, 3.05) is 6.44 Å². The van der Waals surface area contributed by atoms with Crippen molar-refractivity contribution in [1.82, 2.24) is 20.6 Å². The highest BCUT2D eigenvalue weighted by Crippen LogP contribution is 2.18. The fourth-order valence-electron chi connectivity index (χ4n) is 2.09. The van der Waals surface area contributed by atoms with Crippen LogP contribution in [-0.4, -0.2) is 45.4 Å². The summed E-state index contributed by atoms with van der Waals surface area (Å²) >= 11 is 0. The lowest BCUT2D eigenvalue weighted by molar-refractivity contribution is -0.121. The average Bonchev–Trinajstić information content (AvgIpc) is 2.66. The Morgan fingerprint density at radius 3 is 2.45 bits per heavy atom. The first kappa shape index (κ1) is 24.2. The van der Waals surface area contributed by atoms with Crippen LogP contribution in [0, 0.1) is 11.7 Å². The van der Waals surface area contributed by atoms with Gasteiger partial charge in [0, 0.05) is 12.4 Å². The van der Waals surface area contributed by atoms with E-state index in [0.717, 1.165) is 5.92 Å². The van der Waals surface area contributed by atoms with Crippen molar-refractivity contribution in [1.29, 1.82) is 0 Å². The number of amides is 2. The summed E-state index contributed by atoms with van der Waals surface area (Å²) in [6.07, 6.45) is 3.45. The van der Waals surface area contributed by atoms with E-state index >= 15 is 0 Å². The van der Waals surface area contributed by atoms with Gasteiger partial charge in [-0.05, 0) is 23.6 Å². The molecule has 1 aromatic heterocycles. The van der Waals surface area contributed by atoms with E-state index in [1.165, 1.54) is 36.8 Å². The first-order chi connectivity index (χ1) is 13.7. The molecule has 10 heteroatoms. The molecular formula is C19H26BFN4O4. The molecule has 2 amide bonds. The van der Waals surface area contributed by atoms with Gasteiger partial charge in [-0.15, -0.1) is 0 Å². The summed E-state index contributed by atoms with van der Waals surface area (Å²) in [6, 6.07) is 4.64. The SMILES string of the molecule is CC(C)C.O=C(CC(NC(=O)c1cnccn1)c1cccc(F)c1)NCB(O)O. The van der Waals surface area contributed by atoms with Crippen LogP contribution in [-0.2, 0) is 4.79 Å². The monoisotopic (exact) mass is 404 g/mol. The van der Waals surface area contributed by atoms with E-state index < -0.39 is 30.8 Å². The third-order valence-corrected chi connectivity index (χ3v) is 3.22. The topological polar surface area (TPSA) is 124 Å². The number of rotatable bonds is 7. The quantitative estimate of drug-likeness (QED) is 0.515. The zero-order valence-electron chi connectivity index (χ0n) is 16.7. The first-order valence-corrected chi connectivity index (χ1v) is 9.14. The van der Waals surface area contributed by atoms with E-state index in [1.54, 1.807) is 6.07 Å². The maximum atomic E-state index is 13.5. The van der Waals surface area contributed by atoms with E-state index in [9.17, 15) is 14.0 Å². The second-order valence-corrected chi connectivity index (χ2v) is 6.89. The maximum absolute atomic E-state index is 13.5. The highest BCUT2D eigenvalue weighted by molar-refractivity contribution is 6.41. The van der Waals surface area contributed by atoms with Gasteiger partial charge in [-0.2, -0.15) is 0 Å². The molecule has 0 bridgehead atoms. The van der Waals surface area contributed by atoms with Crippen LogP contribution in [0.15, 0.2) is 42.9 Å². The number of hydrogen-bond acceptors (Lipinski definition) is 6. The number of aromatic nitrogens is 2. The van der Waals surface area contributed by atoms with Crippen LogP contribution in [0.1, 0.15) is 49.3 Å². The summed E-state index contributed by atoms with van der Waals surface area (Å²) in [5.41, 5.74) is 0.437. The lowest BCUT2D eigenvalue weighted by Crippen LogP contribution is -2.38. The predicted molar refractivity (Wildman–Crippen MR) is 107 cm³/mol. The van der Waals surface area contributed by atoms with Crippen LogP contribution in [0.2, 0.25) is 0 Å². The molecule has 0 fully saturated rings. The molecule has 0 aliphatic carbocycles. The molecule has 2 rings (SSSR count). The lowest BCUT2D eigenvalue weighted by atomic mass is 9.92. The van der Waals surface area contributed by atoms with Crippen molar-refractivity contribution >= 4 is 18.9 Å². The largest absolute Gasteiger partial charge is 0.472 e. The Balaban J connectivity index is 0.000000960. The van der Waals surface area contributed by atoms with Crippen molar-refractivity contribution in [3.63, 3.8) is 0 Å². The van der Waals surface area contributed by atoms with E-state index in [0.29, 0.717) is 5.56 Å². The van der Waals surface area contributed by atoms with E-state index in [1.807, 2.05) is 0 Å². The van der Waals surface area contributed by atoms with E-state index in [2.05, 4.69) is 41.4 Å². The summed E-state index contributed by atoms with van der Waals surface area (Å²) in [4.78, 5) is 31.8. The molecule has 1 aromatic carbocycles. The molecule has 2 aromatic rings. The highest BCUT2D eigenvalue weighted by Gasteiger charge is 2.21. The summed E-state index contributed by atoms with van der Waals surface area (Å²) in [5.74, 6) is -0.790. The third-order valence-electron chi connectivity index (χ3n) is 3.22. The Hall–Kier alpha value is -2.85. The normalized spacial score (nSPS) is 11.1. The Kier molecular flexibility index (Phi) is 10.5. The molecule has 156 valence electrons. The molecule has 0 aliphatic heterocycles.